The minimum atomic E-state index is -0.403. The Labute approximate surface area is 127 Å². The summed E-state index contributed by atoms with van der Waals surface area (Å²) in [6.07, 6.45) is 7.12. The molecule has 3 rings (SSSR count). The van der Waals surface area contributed by atoms with Gasteiger partial charge in [0.15, 0.2) is 0 Å². The number of hydrogen-bond acceptors (Lipinski definition) is 3. The second kappa shape index (κ2) is 6.11. The predicted octanol–water partition coefficient (Wildman–Crippen LogP) is 2.89. The first-order chi connectivity index (χ1) is 10.6. The Bertz CT molecular complexity index is 723. The minimum Gasteiger partial charge on any atom is -0.341 e. The number of amides is 1. The van der Waals surface area contributed by atoms with Gasteiger partial charge in [-0.3, -0.25) is 4.79 Å². The third-order valence-electron chi connectivity index (χ3n) is 3.59. The topological polar surface area (TPSA) is 83.8 Å². The fourth-order valence-corrected chi connectivity index (χ4v) is 2.42. The summed E-state index contributed by atoms with van der Waals surface area (Å²) < 4.78 is 13.5. The molecular formula is C16H17FN4O. The fraction of sp³-hybridized carbons (Fsp3) is 0.250. The monoisotopic (exact) mass is 300 g/mol. The largest absolute Gasteiger partial charge is 0.341 e. The zero-order valence-electron chi connectivity index (χ0n) is 12.0. The van der Waals surface area contributed by atoms with Crippen LogP contribution in [0.3, 0.4) is 0 Å². The van der Waals surface area contributed by atoms with Crippen LogP contribution in [0.4, 0.5) is 10.1 Å². The van der Waals surface area contributed by atoms with E-state index in [0.29, 0.717) is 42.0 Å². The lowest BCUT2D eigenvalue weighted by atomic mass is 10.1. The van der Waals surface area contributed by atoms with Crippen molar-refractivity contribution in [2.45, 2.75) is 25.3 Å². The summed E-state index contributed by atoms with van der Waals surface area (Å²) in [5.74, 6) is 0.111. The highest BCUT2D eigenvalue weighted by atomic mass is 19.1. The number of aromatic amines is 1. The van der Waals surface area contributed by atoms with Gasteiger partial charge < -0.3 is 16.0 Å². The average Bonchev–Trinajstić information content (AvgIpc) is 2.96. The van der Waals surface area contributed by atoms with E-state index in [4.69, 9.17) is 5.73 Å². The summed E-state index contributed by atoms with van der Waals surface area (Å²) in [5, 5.41) is 2.76. The highest BCUT2D eigenvalue weighted by Crippen LogP contribution is 2.29. The molecule has 4 N–H and O–H groups in total. The molecule has 0 unspecified atom stereocenters. The SMILES string of the molecule is N[C@H]1C/C=C\CCC(=O)Nc2cc(F)ccc2-c2cnc1[nH]2. The number of hydrogen-bond donors (Lipinski definition) is 3. The number of anilines is 1. The normalized spacial score (nSPS) is 20.1. The number of allylic oxidation sites excluding steroid dienone is 1. The molecule has 1 aliphatic heterocycles. The van der Waals surface area contributed by atoms with Crippen LogP contribution < -0.4 is 11.1 Å². The predicted molar refractivity (Wildman–Crippen MR) is 82.5 cm³/mol. The lowest BCUT2D eigenvalue weighted by Gasteiger charge is -2.10. The lowest BCUT2D eigenvalue weighted by Crippen LogP contribution is -2.11. The zero-order chi connectivity index (χ0) is 15.5. The van der Waals surface area contributed by atoms with Crippen LogP contribution in [0.5, 0.6) is 0 Å². The van der Waals surface area contributed by atoms with Crippen molar-refractivity contribution in [2.75, 3.05) is 5.32 Å². The number of imidazole rings is 1. The Morgan fingerprint density at radius 2 is 2.18 bits per heavy atom. The molecule has 0 saturated heterocycles. The van der Waals surface area contributed by atoms with Gasteiger partial charge in [-0.2, -0.15) is 0 Å². The number of H-pyrrole nitrogens is 1. The molecule has 22 heavy (non-hydrogen) atoms. The van der Waals surface area contributed by atoms with Crippen LogP contribution >= 0.6 is 0 Å². The van der Waals surface area contributed by atoms with Gasteiger partial charge in [0.2, 0.25) is 5.91 Å². The van der Waals surface area contributed by atoms with Crippen LogP contribution in [0.15, 0.2) is 36.5 Å². The van der Waals surface area contributed by atoms with Crippen LogP contribution in [0, 0.1) is 5.82 Å². The molecule has 1 atom stereocenters. The molecule has 114 valence electrons. The first-order valence-corrected chi connectivity index (χ1v) is 7.19. The van der Waals surface area contributed by atoms with Crippen LogP contribution in [0.2, 0.25) is 0 Å². The molecule has 0 spiro atoms. The van der Waals surface area contributed by atoms with E-state index in [1.165, 1.54) is 12.1 Å². The standard InChI is InChI=1S/C16H17FN4O/c17-10-6-7-11-13(8-10)20-15(22)5-3-1-2-4-12(18)16-19-9-14(11)21-16/h1-2,6-9,12H,3-5,18H2,(H,19,21)(H,20,22)/b2-1-/t12-/m0/s1. The quantitative estimate of drug-likeness (QED) is 0.654. The van der Waals surface area contributed by atoms with Crippen LogP contribution in [0.1, 0.15) is 31.1 Å². The number of nitrogens with zero attached hydrogens (tertiary/aromatic N) is 1. The summed E-state index contributed by atoms with van der Waals surface area (Å²) in [5.41, 5.74) is 7.90. The van der Waals surface area contributed by atoms with Gasteiger partial charge in [-0.1, -0.05) is 12.2 Å². The molecule has 0 radical (unpaired) electrons. The van der Waals surface area contributed by atoms with Crippen molar-refractivity contribution in [3.8, 4) is 11.3 Å². The molecule has 2 heterocycles. The summed E-state index contributed by atoms with van der Waals surface area (Å²) in [7, 11) is 0. The second-order valence-electron chi connectivity index (χ2n) is 5.27. The van der Waals surface area contributed by atoms with Crippen LogP contribution in [-0.4, -0.2) is 15.9 Å². The number of benzene rings is 1. The van der Waals surface area contributed by atoms with Gasteiger partial charge in [0.05, 0.1) is 23.6 Å². The Kier molecular flexibility index (Phi) is 4.02. The molecule has 1 amide bonds. The summed E-state index contributed by atoms with van der Waals surface area (Å²) >= 11 is 0. The molecule has 0 aliphatic carbocycles. The van der Waals surface area contributed by atoms with E-state index < -0.39 is 5.82 Å². The lowest BCUT2D eigenvalue weighted by molar-refractivity contribution is -0.116. The molecule has 6 heteroatoms. The average molecular weight is 300 g/mol. The maximum Gasteiger partial charge on any atom is 0.224 e. The third-order valence-corrected chi connectivity index (χ3v) is 3.59. The van der Waals surface area contributed by atoms with E-state index in [1.807, 2.05) is 12.2 Å². The second-order valence-corrected chi connectivity index (χ2v) is 5.27. The molecular weight excluding hydrogens is 283 g/mol. The van der Waals surface area contributed by atoms with Gasteiger partial charge >= 0.3 is 0 Å². The van der Waals surface area contributed by atoms with Gasteiger partial charge in [0.1, 0.15) is 11.6 Å². The van der Waals surface area contributed by atoms with Gasteiger partial charge in [0, 0.05) is 12.0 Å². The minimum absolute atomic E-state index is 0.153. The van der Waals surface area contributed by atoms with Crippen molar-refractivity contribution in [1.29, 1.82) is 0 Å². The highest BCUT2D eigenvalue weighted by Gasteiger charge is 2.15. The first-order valence-electron chi connectivity index (χ1n) is 7.19. The van der Waals surface area contributed by atoms with E-state index in [-0.39, 0.29) is 11.9 Å². The maximum atomic E-state index is 13.5. The Morgan fingerprint density at radius 1 is 1.32 bits per heavy atom. The van der Waals surface area contributed by atoms with E-state index >= 15 is 0 Å². The molecule has 5 nitrogen and oxygen atoms in total. The van der Waals surface area contributed by atoms with E-state index in [9.17, 15) is 9.18 Å². The number of carbonyl (C=O) groups excluding carboxylic acids is 1. The first kappa shape index (κ1) is 14.5. The summed E-state index contributed by atoms with van der Waals surface area (Å²) in [6, 6.07) is 4.04. The number of nitrogens with two attached hydrogens (primary N) is 1. The number of carbonyl (C=O) groups is 1. The smallest absolute Gasteiger partial charge is 0.224 e. The van der Waals surface area contributed by atoms with E-state index in [0.717, 1.165) is 0 Å². The molecule has 2 aromatic rings. The molecule has 0 saturated carbocycles. The maximum absolute atomic E-state index is 13.5. The van der Waals surface area contributed by atoms with Crippen LogP contribution in [-0.2, 0) is 4.79 Å². The van der Waals surface area contributed by atoms with E-state index in [2.05, 4.69) is 15.3 Å². The molecule has 1 aromatic carbocycles. The van der Waals surface area contributed by atoms with Gasteiger partial charge in [-0.15, -0.1) is 0 Å². The molecule has 2 bridgehead atoms. The van der Waals surface area contributed by atoms with Crippen LogP contribution in [0.25, 0.3) is 11.3 Å². The van der Waals surface area contributed by atoms with Gasteiger partial charge in [0.25, 0.3) is 0 Å². The highest BCUT2D eigenvalue weighted by molar-refractivity contribution is 5.95. The number of halogens is 1. The summed E-state index contributed by atoms with van der Waals surface area (Å²) in [4.78, 5) is 19.4. The number of fused-ring (bicyclic) bond motifs is 4. The summed E-state index contributed by atoms with van der Waals surface area (Å²) in [6.45, 7) is 0. The van der Waals surface area contributed by atoms with Crippen molar-refractivity contribution in [2.24, 2.45) is 5.73 Å². The van der Waals surface area contributed by atoms with E-state index in [1.54, 1.807) is 12.3 Å². The van der Waals surface area contributed by atoms with Gasteiger partial charge in [-0.05, 0) is 31.0 Å². The third kappa shape index (κ3) is 3.07. The Hall–Kier alpha value is -2.47. The Morgan fingerprint density at radius 3 is 3.05 bits per heavy atom. The fourth-order valence-electron chi connectivity index (χ4n) is 2.42. The van der Waals surface area contributed by atoms with Crippen molar-refractivity contribution >= 4 is 11.6 Å². The zero-order valence-corrected chi connectivity index (χ0v) is 12.0. The number of rotatable bonds is 0. The number of aromatic nitrogens is 2. The van der Waals surface area contributed by atoms with Crippen molar-refractivity contribution in [1.82, 2.24) is 9.97 Å². The molecule has 1 aromatic heterocycles. The van der Waals surface area contributed by atoms with Crippen molar-refractivity contribution in [3.63, 3.8) is 0 Å². The van der Waals surface area contributed by atoms with Gasteiger partial charge in [-0.25, -0.2) is 9.37 Å². The van der Waals surface area contributed by atoms with Crippen molar-refractivity contribution < 1.29 is 9.18 Å². The van der Waals surface area contributed by atoms with Crippen molar-refractivity contribution in [3.05, 3.63) is 48.2 Å². The molecule has 0 fully saturated rings. The Balaban J connectivity index is 2.05. The molecule has 1 aliphatic rings. The number of nitrogens with one attached hydrogen (secondary N) is 2.